The van der Waals surface area contributed by atoms with Crippen LogP contribution in [-0.2, 0) is 32.5 Å². The maximum Gasteiger partial charge on any atom is 0.410 e. The molecule has 1 fully saturated rings. The quantitative estimate of drug-likeness (QED) is 0.202. The molecule has 3 aromatic carbocycles. The van der Waals surface area contributed by atoms with Crippen molar-refractivity contribution in [2.45, 2.75) is 51.2 Å². The number of carbonyl (C=O) groups excluding carboxylic acids is 2. The van der Waals surface area contributed by atoms with Crippen LogP contribution in [0.1, 0.15) is 49.4 Å². The molecule has 1 aliphatic heterocycles. The second-order valence-corrected chi connectivity index (χ2v) is 14.4. The van der Waals surface area contributed by atoms with Gasteiger partial charge in [-0.3, -0.25) is 4.79 Å². The second kappa shape index (κ2) is 14.6. The van der Waals surface area contributed by atoms with Crippen LogP contribution >= 0.6 is 0 Å². The molecular weight excluding hydrogens is 634 g/mol. The number of sulfonamides is 1. The van der Waals surface area contributed by atoms with E-state index in [4.69, 9.17) is 13.9 Å². The van der Waals surface area contributed by atoms with E-state index < -0.39 is 27.0 Å². The molecule has 0 spiro atoms. The molecule has 1 aliphatic rings. The molecule has 0 N–H and O–H groups in total. The smallest absolute Gasteiger partial charge is 0.410 e. The van der Waals surface area contributed by atoms with Crippen LogP contribution in [0.3, 0.4) is 0 Å². The molecule has 4 aromatic rings. The first-order valence-corrected chi connectivity index (χ1v) is 17.4. The molecule has 0 bridgehead atoms. The zero-order valence-corrected chi connectivity index (χ0v) is 28.5. The normalized spacial score (nSPS) is 13.9. The second-order valence-electron chi connectivity index (χ2n) is 12.5. The van der Waals surface area contributed by atoms with Crippen molar-refractivity contribution in [2.24, 2.45) is 0 Å². The average molecular weight is 676 g/mol. The fraction of sp³-hybridized carbons (Fsp3) is 0.361. The Kier molecular flexibility index (Phi) is 10.5. The molecule has 1 amide bonds. The minimum atomic E-state index is -4.12. The van der Waals surface area contributed by atoms with Gasteiger partial charge in [-0.15, -0.1) is 0 Å². The third-order valence-corrected chi connectivity index (χ3v) is 9.76. The van der Waals surface area contributed by atoms with E-state index in [2.05, 4.69) is 4.90 Å². The fourth-order valence-electron chi connectivity index (χ4n) is 5.53. The van der Waals surface area contributed by atoms with Gasteiger partial charge in [0.25, 0.3) is 0 Å². The summed E-state index contributed by atoms with van der Waals surface area (Å²) < 4.78 is 46.2. The number of benzene rings is 3. The fourth-order valence-corrected chi connectivity index (χ4v) is 6.98. The van der Waals surface area contributed by atoms with Crippen molar-refractivity contribution >= 4 is 38.7 Å². The number of fused-ring (bicyclic) bond motifs is 1. The molecule has 2 heterocycles. The zero-order chi connectivity index (χ0) is 34.5. The predicted octanol–water partition coefficient (Wildman–Crippen LogP) is 5.46. The summed E-state index contributed by atoms with van der Waals surface area (Å²) in [7, 11) is -4.12. The molecule has 1 aromatic heterocycles. The molecule has 0 aliphatic carbocycles. The van der Waals surface area contributed by atoms with E-state index in [0.717, 1.165) is 22.9 Å². The Balaban J connectivity index is 1.43. The molecule has 11 nitrogen and oxygen atoms in total. The summed E-state index contributed by atoms with van der Waals surface area (Å²) in [6.45, 7) is 9.58. The van der Waals surface area contributed by atoms with E-state index >= 15 is 0 Å². The van der Waals surface area contributed by atoms with E-state index in [9.17, 15) is 22.8 Å². The number of rotatable bonds is 10. The van der Waals surface area contributed by atoms with E-state index in [1.54, 1.807) is 11.8 Å². The summed E-state index contributed by atoms with van der Waals surface area (Å²) in [5.74, 6) is -1.02. The van der Waals surface area contributed by atoms with Gasteiger partial charge in [0.05, 0.1) is 16.9 Å². The summed E-state index contributed by atoms with van der Waals surface area (Å²) in [5.41, 5.74) is 1.61. The van der Waals surface area contributed by atoms with Crippen LogP contribution in [0.4, 0.5) is 10.5 Å². The van der Waals surface area contributed by atoms with Gasteiger partial charge in [-0.25, -0.2) is 18.0 Å². The van der Waals surface area contributed by atoms with Crippen LogP contribution < -0.4 is 10.3 Å². The molecule has 1 saturated heterocycles. The number of ether oxygens (including phenoxy) is 2. The first kappa shape index (κ1) is 34.6. The monoisotopic (exact) mass is 675 g/mol. The number of anilines is 1. The minimum absolute atomic E-state index is 0.0374. The highest BCUT2D eigenvalue weighted by atomic mass is 32.2. The minimum Gasteiger partial charge on any atom is -0.460 e. The first-order valence-electron chi connectivity index (χ1n) is 16.0. The number of nitrogens with zero attached hydrogens (tertiary/aromatic N) is 3. The highest BCUT2D eigenvalue weighted by molar-refractivity contribution is 7.89. The molecular formula is C36H41N3O8S. The van der Waals surface area contributed by atoms with Crippen molar-refractivity contribution in [1.29, 1.82) is 0 Å². The van der Waals surface area contributed by atoms with Crippen LogP contribution in [0.25, 0.3) is 11.0 Å². The highest BCUT2D eigenvalue weighted by Gasteiger charge is 2.30. The number of carbonyl (C=O) groups is 2. The largest absolute Gasteiger partial charge is 0.460 e. The van der Waals surface area contributed by atoms with E-state index in [-0.39, 0.29) is 47.4 Å². The van der Waals surface area contributed by atoms with Crippen molar-refractivity contribution in [3.05, 3.63) is 106 Å². The summed E-state index contributed by atoms with van der Waals surface area (Å²) in [6.07, 6.45) is 0.116. The van der Waals surface area contributed by atoms with E-state index in [0.29, 0.717) is 32.6 Å². The molecule has 0 unspecified atom stereocenters. The Morgan fingerprint density at radius 2 is 1.60 bits per heavy atom. The lowest BCUT2D eigenvalue weighted by Gasteiger charge is -2.38. The molecule has 254 valence electrons. The summed E-state index contributed by atoms with van der Waals surface area (Å²) in [5, 5.41) is 0.0374. The van der Waals surface area contributed by atoms with Crippen LogP contribution in [0.5, 0.6) is 0 Å². The Hall–Kier alpha value is -4.68. The van der Waals surface area contributed by atoms with Crippen LogP contribution in [0.2, 0.25) is 0 Å². The Bertz CT molecular complexity index is 1930. The molecule has 0 saturated carbocycles. The SMILES string of the molecule is CCOC(=O)c1cc(=O)c2cc(S(=O)(=O)N(CCc3ccccc3)Cc3ccccc3N3CCN(C(=O)OC(C)(C)C)CC3)ccc2o1. The standard InChI is InChI=1S/C36H41N3O8S/c1-5-45-34(41)33-24-31(40)29-23-28(15-16-32(29)46-33)48(43,44)39(18-17-26-11-7-6-8-12-26)25-27-13-9-10-14-30(27)37-19-21-38(22-20-37)35(42)47-36(2,3)4/h6-16,23-24H,5,17-22,25H2,1-4H3. The zero-order valence-electron chi connectivity index (χ0n) is 27.7. The Morgan fingerprint density at radius 1 is 0.917 bits per heavy atom. The van der Waals surface area contributed by atoms with Crippen LogP contribution in [-0.4, -0.2) is 74.6 Å². The lowest BCUT2D eigenvalue weighted by molar-refractivity contribution is 0.0240. The van der Waals surface area contributed by atoms with Crippen molar-refractivity contribution in [1.82, 2.24) is 9.21 Å². The Labute approximate surface area is 280 Å². The maximum absolute atomic E-state index is 14.3. The highest BCUT2D eigenvalue weighted by Crippen LogP contribution is 2.28. The maximum atomic E-state index is 14.3. The third kappa shape index (κ3) is 8.23. The molecule has 48 heavy (non-hydrogen) atoms. The van der Waals surface area contributed by atoms with Gasteiger partial charge in [0, 0.05) is 51.0 Å². The lowest BCUT2D eigenvalue weighted by Crippen LogP contribution is -2.50. The van der Waals surface area contributed by atoms with Gasteiger partial charge in [-0.2, -0.15) is 4.31 Å². The number of esters is 1. The van der Waals surface area contributed by atoms with Crippen molar-refractivity contribution in [2.75, 3.05) is 44.2 Å². The van der Waals surface area contributed by atoms with Crippen molar-refractivity contribution in [3.63, 3.8) is 0 Å². The first-order chi connectivity index (χ1) is 22.9. The molecule has 12 heteroatoms. The number of hydrogen-bond donors (Lipinski definition) is 0. The van der Waals surface area contributed by atoms with Crippen LogP contribution in [0.15, 0.2) is 93.0 Å². The topological polar surface area (TPSA) is 127 Å². The van der Waals surface area contributed by atoms with Gasteiger partial charge < -0.3 is 23.7 Å². The molecule has 0 atom stereocenters. The van der Waals surface area contributed by atoms with Gasteiger partial charge >= 0.3 is 12.1 Å². The summed E-state index contributed by atoms with van der Waals surface area (Å²) in [4.78, 5) is 41.6. The number of amides is 1. The number of para-hydroxylation sites is 1. The van der Waals surface area contributed by atoms with Crippen LogP contribution in [0, 0.1) is 0 Å². The average Bonchev–Trinajstić information content (AvgIpc) is 3.06. The predicted molar refractivity (Wildman–Crippen MR) is 183 cm³/mol. The number of piperazine rings is 1. The van der Waals surface area contributed by atoms with Gasteiger partial charge in [-0.1, -0.05) is 48.5 Å². The number of hydrogen-bond acceptors (Lipinski definition) is 9. The summed E-state index contributed by atoms with van der Waals surface area (Å²) >= 11 is 0. The van der Waals surface area contributed by atoms with Gasteiger partial charge in [0.1, 0.15) is 11.2 Å². The lowest BCUT2D eigenvalue weighted by atomic mass is 10.1. The van der Waals surface area contributed by atoms with Gasteiger partial charge in [0.2, 0.25) is 15.8 Å². The third-order valence-electron chi connectivity index (χ3n) is 7.92. The molecule has 0 radical (unpaired) electrons. The Morgan fingerprint density at radius 3 is 2.29 bits per heavy atom. The summed E-state index contributed by atoms with van der Waals surface area (Å²) in [6, 6.07) is 22.4. The van der Waals surface area contributed by atoms with E-state index in [1.165, 1.54) is 22.5 Å². The van der Waals surface area contributed by atoms with Crippen molar-refractivity contribution < 1.29 is 31.9 Å². The van der Waals surface area contributed by atoms with Gasteiger partial charge in [-0.05, 0) is 69.5 Å². The van der Waals surface area contributed by atoms with Gasteiger partial charge in [0.15, 0.2) is 5.43 Å². The molecule has 5 rings (SSSR count). The van der Waals surface area contributed by atoms with Crippen molar-refractivity contribution in [3.8, 4) is 0 Å². The van der Waals surface area contributed by atoms with E-state index in [1.807, 2.05) is 75.4 Å².